The zero-order valence-electron chi connectivity index (χ0n) is 14.4. The molecule has 148 valence electrons. The molecule has 1 aromatic heterocycles. The number of alkyl halides is 3. The number of aliphatic imine (C=N–C) groups is 1. The maximum absolute atomic E-state index is 12.5. The van der Waals surface area contributed by atoms with Gasteiger partial charge >= 0.3 is 6.18 Å². The number of benzene rings is 1. The largest absolute Gasteiger partial charge is 0.416 e. The van der Waals surface area contributed by atoms with Crippen molar-refractivity contribution < 1.29 is 21.6 Å². The number of thiophene rings is 1. The van der Waals surface area contributed by atoms with Gasteiger partial charge < -0.3 is 10.6 Å². The highest BCUT2D eigenvalue weighted by atomic mass is 32.2. The summed E-state index contributed by atoms with van der Waals surface area (Å²) >= 11 is 1.07. The van der Waals surface area contributed by atoms with E-state index in [1.165, 1.54) is 18.2 Å². The number of hydrogen-bond acceptors (Lipinski definition) is 4. The highest BCUT2D eigenvalue weighted by Crippen LogP contribution is 2.29. The molecule has 0 saturated carbocycles. The van der Waals surface area contributed by atoms with Gasteiger partial charge in [-0.25, -0.2) is 13.6 Å². The molecule has 0 saturated heterocycles. The lowest BCUT2D eigenvalue weighted by Gasteiger charge is -2.12. The van der Waals surface area contributed by atoms with Crippen molar-refractivity contribution in [3.8, 4) is 0 Å². The van der Waals surface area contributed by atoms with Gasteiger partial charge in [0.05, 0.1) is 12.1 Å². The first-order valence-electron chi connectivity index (χ1n) is 7.82. The summed E-state index contributed by atoms with van der Waals surface area (Å²) in [5, 5.41) is 11.1. The van der Waals surface area contributed by atoms with Crippen LogP contribution in [0.2, 0.25) is 0 Å². The van der Waals surface area contributed by atoms with Gasteiger partial charge in [0.2, 0.25) is 10.0 Å². The quantitative estimate of drug-likeness (QED) is 0.494. The number of primary sulfonamides is 1. The zero-order chi connectivity index (χ0) is 20.1. The molecule has 0 amide bonds. The summed E-state index contributed by atoms with van der Waals surface area (Å²) in [7, 11) is -2.13. The fourth-order valence-electron chi connectivity index (χ4n) is 2.18. The van der Waals surface area contributed by atoms with Gasteiger partial charge in [-0.1, -0.05) is 12.1 Å². The minimum Gasteiger partial charge on any atom is -0.356 e. The molecule has 0 aliphatic heterocycles. The third-order valence-electron chi connectivity index (χ3n) is 3.56. The first-order chi connectivity index (χ1) is 12.6. The topological polar surface area (TPSA) is 96.6 Å². The average Bonchev–Trinajstić information content (AvgIpc) is 3.07. The fourth-order valence-corrected chi connectivity index (χ4v) is 3.90. The van der Waals surface area contributed by atoms with Crippen LogP contribution in [0.5, 0.6) is 0 Å². The van der Waals surface area contributed by atoms with Crippen LogP contribution in [0.3, 0.4) is 0 Å². The van der Waals surface area contributed by atoms with E-state index in [-0.39, 0.29) is 4.21 Å². The first kappa shape index (κ1) is 21.2. The third-order valence-corrected chi connectivity index (χ3v) is 6.08. The molecule has 4 N–H and O–H groups in total. The molecule has 0 spiro atoms. The molecule has 1 heterocycles. The summed E-state index contributed by atoms with van der Waals surface area (Å²) in [4.78, 5) is 4.81. The van der Waals surface area contributed by atoms with Crippen molar-refractivity contribution in [2.75, 3.05) is 13.6 Å². The van der Waals surface area contributed by atoms with E-state index >= 15 is 0 Å². The Balaban J connectivity index is 1.81. The normalized spacial score (nSPS) is 12.9. The zero-order valence-corrected chi connectivity index (χ0v) is 16.0. The van der Waals surface area contributed by atoms with Crippen molar-refractivity contribution in [2.24, 2.45) is 10.1 Å². The molecular weight excluding hydrogens is 401 g/mol. The Morgan fingerprint density at radius 1 is 1.15 bits per heavy atom. The number of nitrogens with two attached hydrogens (primary N) is 1. The van der Waals surface area contributed by atoms with Crippen LogP contribution in [0.4, 0.5) is 13.2 Å². The van der Waals surface area contributed by atoms with Crippen LogP contribution in [0, 0.1) is 0 Å². The fraction of sp³-hybridized carbons (Fsp3) is 0.312. The number of sulfonamides is 1. The summed E-state index contributed by atoms with van der Waals surface area (Å²) in [5.41, 5.74) is 0.0912. The molecule has 27 heavy (non-hydrogen) atoms. The maximum atomic E-state index is 12.5. The predicted molar refractivity (Wildman–Crippen MR) is 99.0 cm³/mol. The van der Waals surface area contributed by atoms with Gasteiger partial charge in [-0.15, -0.1) is 11.3 Å². The summed E-state index contributed by atoms with van der Waals surface area (Å²) in [6.45, 7) is 0.831. The van der Waals surface area contributed by atoms with E-state index in [4.69, 9.17) is 5.14 Å². The van der Waals surface area contributed by atoms with Gasteiger partial charge in [-0.2, -0.15) is 13.2 Å². The molecule has 0 bridgehead atoms. The predicted octanol–water partition coefficient (Wildman–Crippen LogP) is 2.32. The van der Waals surface area contributed by atoms with Gasteiger partial charge in [0.1, 0.15) is 4.21 Å². The Hall–Kier alpha value is -2.11. The van der Waals surface area contributed by atoms with Crippen molar-refractivity contribution in [1.29, 1.82) is 0 Å². The highest BCUT2D eigenvalue weighted by molar-refractivity contribution is 7.91. The molecule has 2 aromatic rings. The molecule has 0 radical (unpaired) electrons. The SMILES string of the molecule is CN=C(NCCc1ccc(C(F)(F)F)cc1)NCc1ccc(S(N)(=O)=O)s1. The Morgan fingerprint density at radius 3 is 2.33 bits per heavy atom. The summed E-state index contributed by atoms with van der Waals surface area (Å²) in [5.74, 6) is 0.493. The second-order valence-electron chi connectivity index (χ2n) is 5.56. The molecule has 6 nitrogen and oxygen atoms in total. The maximum Gasteiger partial charge on any atom is 0.416 e. The molecule has 0 unspecified atom stereocenters. The molecular formula is C16H19F3N4O2S2. The van der Waals surface area contributed by atoms with E-state index in [9.17, 15) is 21.6 Å². The van der Waals surface area contributed by atoms with Crippen molar-refractivity contribution in [3.63, 3.8) is 0 Å². The monoisotopic (exact) mass is 420 g/mol. The van der Waals surface area contributed by atoms with E-state index in [0.717, 1.165) is 33.9 Å². The standard InChI is InChI=1S/C16H19F3N4O2S2/c1-21-15(23-10-13-6-7-14(26-13)27(20,24)25)22-9-8-11-2-4-12(5-3-11)16(17,18)19/h2-7H,8-10H2,1H3,(H2,20,24,25)(H2,21,22,23). The number of guanidine groups is 1. The van der Waals surface area contributed by atoms with E-state index in [1.54, 1.807) is 13.1 Å². The van der Waals surface area contributed by atoms with Crippen molar-refractivity contribution in [1.82, 2.24) is 10.6 Å². The van der Waals surface area contributed by atoms with Crippen LogP contribution in [-0.4, -0.2) is 28.0 Å². The van der Waals surface area contributed by atoms with Crippen LogP contribution < -0.4 is 15.8 Å². The van der Waals surface area contributed by atoms with Gasteiger partial charge in [0, 0.05) is 18.5 Å². The van der Waals surface area contributed by atoms with Crippen LogP contribution in [0.25, 0.3) is 0 Å². The van der Waals surface area contributed by atoms with E-state index in [1.807, 2.05) is 0 Å². The second-order valence-corrected chi connectivity index (χ2v) is 8.52. The summed E-state index contributed by atoms with van der Waals surface area (Å²) in [6.07, 6.45) is -3.82. The number of rotatable bonds is 6. The first-order valence-corrected chi connectivity index (χ1v) is 10.2. The number of nitrogens with one attached hydrogen (secondary N) is 2. The van der Waals surface area contributed by atoms with Crippen LogP contribution in [0.15, 0.2) is 45.6 Å². The third kappa shape index (κ3) is 6.52. The van der Waals surface area contributed by atoms with E-state index < -0.39 is 21.8 Å². The Morgan fingerprint density at radius 2 is 1.81 bits per heavy atom. The molecule has 0 fully saturated rings. The highest BCUT2D eigenvalue weighted by Gasteiger charge is 2.29. The Labute approximate surface area is 159 Å². The lowest BCUT2D eigenvalue weighted by molar-refractivity contribution is -0.137. The van der Waals surface area contributed by atoms with Gasteiger partial charge in [0.25, 0.3) is 0 Å². The smallest absolute Gasteiger partial charge is 0.356 e. The molecule has 0 atom stereocenters. The Kier molecular flexibility index (Phi) is 6.84. The van der Waals surface area contributed by atoms with Gasteiger partial charge in [-0.3, -0.25) is 4.99 Å². The average molecular weight is 420 g/mol. The number of nitrogens with zero attached hydrogens (tertiary/aromatic N) is 1. The van der Waals surface area contributed by atoms with Gasteiger partial charge in [0.15, 0.2) is 5.96 Å². The van der Waals surface area contributed by atoms with Crippen LogP contribution in [0.1, 0.15) is 16.0 Å². The van der Waals surface area contributed by atoms with Gasteiger partial charge in [-0.05, 0) is 36.2 Å². The van der Waals surface area contributed by atoms with Crippen molar-refractivity contribution in [3.05, 3.63) is 52.4 Å². The van der Waals surface area contributed by atoms with Crippen molar-refractivity contribution >= 4 is 27.3 Å². The lowest BCUT2D eigenvalue weighted by Crippen LogP contribution is -2.37. The van der Waals surface area contributed by atoms with E-state index in [2.05, 4.69) is 15.6 Å². The number of hydrogen-bond donors (Lipinski definition) is 3. The lowest BCUT2D eigenvalue weighted by atomic mass is 10.1. The molecule has 2 rings (SSSR count). The van der Waals surface area contributed by atoms with Crippen molar-refractivity contribution in [2.45, 2.75) is 23.4 Å². The number of halogens is 3. The molecule has 0 aliphatic rings. The minimum absolute atomic E-state index is 0.0875. The summed E-state index contributed by atoms with van der Waals surface area (Å²) in [6, 6.07) is 8.11. The molecule has 0 aliphatic carbocycles. The van der Waals surface area contributed by atoms with Crippen LogP contribution in [-0.2, 0) is 29.2 Å². The molecule has 1 aromatic carbocycles. The second kappa shape index (κ2) is 8.72. The minimum atomic E-state index is -4.34. The molecule has 11 heteroatoms. The van der Waals surface area contributed by atoms with Crippen LogP contribution >= 0.6 is 11.3 Å². The summed E-state index contributed by atoms with van der Waals surface area (Å²) < 4.78 is 60.2. The Bertz CT molecular complexity index is 891. The van der Waals surface area contributed by atoms with E-state index in [0.29, 0.717) is 25.5 Å².